The summed E-state index contributed by atoms with van der Waals surface area (Å²) in [7, 11) is 0. The third-order valence-corrected chi connectivity index (χ3v) is 4.24. The molecule has 0 bridgehead atoms. The monoisotopic (exact) mass is 210 g/mol. The molecule has 3 heteroatoms. The Morgan fingerprint density at radius 2 is 2.13 bits per heavy atom. The minimum Gasteiger partial charge on any atom is -0.377 e. The SMILES string of the molecule is C1COC(CNC2CCN3CCCC23)C1. The van der Waals surface area contributed by atoms with Crippen molar-refractivity contribution in [2.75, 3.05) is 26.2 Å². The van der Waals surface area contributed by atoms with E-state index in [9.17, 15) is 0 Å². The minimum atomic E-state index is 0.500. The van der Waals surface area contributed by atoms with Crippen LogP contribution >= 0.6 is 0 Å². The maximum atomic E-state index is 5.65. The van der Waals surface area contributed by atoms with Crippen LogP contribution in [0.15, 0.2) is 0 Å². The van der Waals surface area contributed by atoms with Crippen molar-refractivity contribution >= 4 is 0 Å². The van der Waals surface area contributed by atoms with E-state index in [0.29, 0.717) is 6.10 Å². The van der Waals surface area contributed by atoms with Crippen molar-refractivity contribution in [1.82, 2.24) is 10.2 Å². The van der Waals surface area contributed by atoms with Gasteiger partial charge >= 0.3 is 0 Å². The summed E-state index contributed by atoms with van der Waals surface area (Å²) in [6, 6.07) is 1.59. The Morgan fingerprint density at radius 3 is 3.00 bits per heavy atom. The summed E-state index contributed by atoms with van der Waals surface area (Å²) in [5.41, 5.74) is 0. The van der Waals surface area contributed by atoms with Crippen LogP contribution in [0.4, 0.5) is 0 Å². The topological polar surface area (TPSA) is 24.5 Å². The Balaban J connectivity index is 1.46. The minimum absolute atomic E-state index is 0.500. The second-order valence-electron chi connectivity index (χ2n) is 5.18. The second-order valence-corrected chi connectivity index (χ2v) is 5.18. The molecular formula is C12H22N2O. The highest BCUT2D eigenvalue weighted by Gasteiger charge is 2.36. The first-order chi connectivity index (χ1) is 7.43. The average molecular weight is 210 g/mol. The highest BCUT2D eigenvalue weighted by molar-refractivity contribution is 4.95. The summed E-state index contributed by atoms with van der Waals surface area (Å²) in [4.78, 5) is 2.66. The fraction of sp³-hybridized carbons (Fsp3) is 1.00. The first-order valence-corrected chi connectivity index (χ1v) is 6.52. The molecule has 0 radical (unpaired) electrons. The number of nitrogens with one attached hydrogen (secondary N) is 1. The predicted molar refractivity (Wildman–Crippen MR) is 60.0 cm³/mol. The highest BCUT2D eigenvalue weighted by Crippen LogP contribution is 2.28. The molecule has 3 unspecified atom stereocenters. The van der Waals surface area contributed by atoms with Crippen molar-refractivity contribution in [2.45, 2.75) is 50.3 Å². The highest BCUT2D eigenvalue weighted by atomic mass is 16.5. The fourth-order valence-corrected chi connectivity index (χ4v) is 3.41. The molecule has 3 nitrogen and oxygen atoms in total. The van der Waals surface area contributed by atoms with Gasteiger partial charge in [-0.15, -0.1) is 0 Å². The number of nitrogens with zero attached hydrogens (tertiary/aromatic N) is 1. The van der Waals surface area contributed by atoms with E-state index in [1.165, 1.54) is 45.2 Å². The van der Waals surface area contributed by atoms with Crippen LogP contribution in [0.3, 0.4) is 0 Å². The quantitative estimate of drug-likeness (QED) is 0.752. The molecule has 0 saturated carbocycles. The van der Waals surface area contributed by atoms with Crippen molar-refractivity contribution in [3.8, 4) is 0 Å². The molecule has 0 aromatic heterocycles. The summed E-state index contributed by atoms with van der Waals surface area (Å²) in [6.07, 6.45) is 7.17. The van der Waals surface area contributed by atoms with Crippen molar-refractivity contribution in [3.63, 3.8) is 0 Å². The van der Waals surface area contributed by atoms with Crippen LogP contribution in [0.25, 0.3) is 0 Å². The third kappa shape index (κ3) is 2.05. The molecule has 1 N–H and O–H groups in total. The molecule has 3 heterocycles. The smallest absolute Gasteiger partial charge is 0.0700 e. The summed E-state index contributed by atoms with van der Waals surface area (Å²) in [5, 5.41) is 3.73. The molecule has 0 aromatic rings. The molecule has 86 valence electrons. The molecule has 3 aliphatic rings. The van der Waals surface area contributed by atoms with E-state index < -0.39 is 0 Å². The molecule has 0 spiro atoms. The van der Waals surface area contributed by atoms with Gasteiger partial charge in [0.05, 0.1) is 6.10 Å². The van der Waals surface area contributed by atoms with Gasteiger partial charge in [-0.2, -0.15) is 0 Å². The average Bonchev–Trinajstić information content (AvgIpc) is 2.93. The lowest BCUT2D eigenvalue weighted by atomic mass is 10.1. The maximum absolute atomic E-state index is 5.65. The summed E-state index contributed by atoms with van der Waals surface area (Å²) < 4.78 is 5.65. The fourth-order valence-electron chi connectivity index (χ4n) is 3.41. The lowest BCUT2D eigenvalue weighted by molar-refractivity contribution is 0.106. The lowest BCUT2D eigenvalue weighted by Gasteiger charge is -2.22. The predicted octanol–water partition coefficient (Wildman–Crippen LogP) is 0.992. The van der Waals surface area contributed by atoms with Crippen LogP contribution < -0.4 is 5.32 Å². The van der Waals surface area contributed by atoms with Gasteiger partial charge in [-0.1, -0.05) is 0 Å². The number of ether oxygens (including phenoxy) is 1. The van der Waals surface area contributed by atoms with Gasteiger partial charge in [0.25, 0.3) is 0 Å². The van der Waals surface area contributed by atoms with Crippen LogP contribution in [0.1, 0.15) is 32.1 Å². The van der Waals surface area contributed by atoms with Gasteiger partial charge in [0, 0.05) is 31.8 Å². The van der Waals surface area contributed by atoms with E-state index in [0.717, 1.165) is 25.2 Å². The first kappa shape index (κ1) is 10.1. The molecular weight excluding hydrogens is 188 g/mol. The summed E-state index contributed by atoms with van der Waals surface area (Å²) >= 11 is 0. The summed E-state index contributed by atoms with van der Waals surface area (Å²) in [5.74, 6) is 0. The maximum Gasteiger partial charge on any atom is 0.0700 e. The number of hydrogen-bond acceptors (Lipinski definition) is 3. The largest absolute Gasteiger partial charge is 0.377 e. The van der Waals surface area contributed by atoms with Crippen molar-refractivity contribution < 1.29 is 4.74 Å². The van der Waals surface area contributed by atoms with Gasteiger partial charge in [-0.25, -0.2) is 0 Å². The van der Waals surface area contributed by atoms with Gasteiger partial charge in [0.15, 0.2) is 0 Å². The van der Waals surface area contributed by atoms with Gasteiger partial charge in [-0.3, -0.25) is 4.90 Å². The van der Waals surface area contributed by atoms with E-state index in [-0.39, 0.29) is 0 Å². The standard InChI is InChI=1S/C12H22N2O/c1-4-12-11(5-7-14(12)6-1)13-9-10-3-2-8-15-10/h10-13H,1-9H2. The normalized spacial score (nSPS) is 41.2. The Bertz CT molecular complexity index is 216. The number of rotatable bonds is 3. The molecule has 3 fully saturated rings. The van der Waals surface area contributed by atoms with Crippen molar-refractivity contribution in [3.05, 3.63) is 0 Å². The molecule has 3 aliphatic heterocycles. The zero-order chi connectivity index (χ0) is 10.1. The molecule has 3 atom stereocenters. The third-order valence-electron chi connectivity index (χ3n) is 4.24. The van der Waals surface area contributed by atoms with E-state index in [4.69, 9.17) is 4.74 Å². The zero-order valence-corrected chi connectivity index (χ0v) is 9.45. The second kappa shape index (κ2) is 4.40. The van der Waals surface area contributed by atoms with E-state index in [2.05, 4.69) is 10.2 Å². The van der Waals surface area contributed by atoms with Crippen molar-refractivity contribution in [2.24, 2.45) is 0 Å². The Kier molecular flexibility index (Phi) is 2.95. The molecule has 3 saturated heterocycles. The summed E-state index contributed by atoms with van der Waals surface area (Å²) in [6.45, 7) is 4.71. The van der Waals surface area contributed by atoms with E-state index in [1.807, 2.05) is 0 Å². The first-order valence-electron chi connectivity index (χ1n) is 6.52. The van der Waals surface area contributed by atoms with Crippen molar-refractivity contribution in [1.29, 1.82) is 0 Å². The van der Waals surface area contributed by atoms with Crippen LogP contribution in [0.5, 0.6) is 0 Å². The zero-order valence-electron chi connectivity index (χ0n) is 9.45. The van der Waals surface area contributed by atoms with Crippen LogP contribution in [-0.2, 0) is 4.74 Å². The lowest BCUT2D eigenvalue weighted by Crippen LogP contribution is -2.42. The van der Waals surface area contributed by atoms with Crippen LogP contribution in [-0.4, -0.2) is 49.3 Å². The molecule has 0 amide bonds. The molecule has 15 heavy (non-hydrogen) atoms. The Hall–Kier alpha value is -0.120. The Morgan fingerprint density at radius 1 is 1.13 bits per heavy atom. The molecule has 0 aromatic carbocycles. The van der Waals surface area contributed by atoms with E-state index in [1.54, 1.807) is 0 Å². The van der Waals surface area contributed by atoms with E-state index >= 15 is 0 Å². The molecule has 3 rings (SSSR count). The van der Waals surface area contributed by atoms with Gasteiger partial charge in [0.2, 0.25) is 0 Å². The molecule has 0 aliphatic carbocycles. The van der Waals surface area contributed by atoms with Crippen LogP contribution in [0.2, 0.25) is 0 Å². The Labute approximate surface area is 92.2 Å². The van der Waals surface area contributed by atoms with Gasteiger partial charge in [0.1, 0.15) is 0 Å². The number of hydrogen-bond donors (Lipinski definition) is 1. The van der Waals surface area contributed by atoms with Crippen LogP contribution in [0, 0.1) is 0 Å². The van der Waals surface area contributed by atoms with Gasteiger partial charge in [-0.05, 0) is 38.6 Å². The van der Waals surface area contributed by atoms with Gasteiger partial charge < -0.3 is 10.1 Å². The number of fused-ring (bicyclic) bond motifs is 1.